The Kier molecular flexibility index (Phi) is 4.28. The summed E-state index contributed by atoms with van der Waals surface area (Å²) in [7, 11) is 0. The number of nitrogens with two attached hydrogens (primary N) is 1. The minimum atomic E-state index is -0.472. The fourth-order valence-electron chi connectivity index (χ4n) is 2.70. The largest absolute Gasteiger partial charge is 0.396 e. The molecule has 1 aliphatic rings. The summed E-state index contributed by atoms with van der Waals surface area (Å²) in [5, 5.41) is 2.76. The fraction of sp³-hybridized carbons (Fsp3) is 0.533. The van der Waals surface area contributed by atoms with Gasteiger partial charge in [-0.3, -0.25) is 9.69 Å². The molecule has 4 nitrogen and oxygen atoms in total. The van der Waals surface area contributed by atoms with Crippen molar-refractivity contribution in [1.82, 2.24) is 4.90 Å². The third-order valence-electron chi connectivity index (χ3n) is 3.63. The lowest BCUT2D eigenvalue weighted by atomic mass is 9.84. The molecule has 1 amide bonds. The summed E-state index contributed by atoms with van der Waals surface area (Å²) in [5.74, 6) is -0.561. The van der Waals surface area contributed by atoms with Gasteiger partial charge in [-0.15, -0.1) is 0 Å². The van der Waals surface area contributed by atoms with E-state index in [-0.39, 0.29) is 17.0 Å². The van der Waals surface area contributed by atoms with Crippen molar-refractivity contribution in [3.8, 4) is 0 Å². The molecule has 0 aliphatic carbocycles. The van der Waals surface area contributed by atoms with Crippen LogP contribution in [0.4, 0.5) is 15.8 Å². The van der Waals surface area contributed by atoms with Gasteiger partial charge in [0.25, 0.3) is 0 Å². The van der Waals surface area contributed by atoms with Gasteiger partial charge < -0.3 is 11.1 Å². The summed E-state index contributed by atoms with van der Waals surface area (Å²) in [6.07, 6.45) is 2.31. The number of hydrogen-bond acceptors (Lipinski definition) is 3. The third-order valence-corrected chi connectivity index (χ3v) is 3.63. The molecule has 0 bridgehead atoms. The topological polar surface area (TPSA) is 58.4 Å². The van der Waals surface area contributed by atoms with Crippen molar-refractivity contribution in [2.75, 3.05) is 30.7 Å². The number of anilines is 2. The molecule has 5 heteroatoms. The monoisotopic (exact) mass is 279 g/mol. The smallest absolute Gasteiger partial charge is 0.238 e. The van der Waals surface area contributed by atoms with Crippen molar-refractivity contribution in [3.63, 3.8) is 0 Å². The SMILES string of the molecule is CC1(C)CCCN(CC(=O)Nc2ccc(F)c(N)c2)C1. The lowest BCUT2D eigenvalue weighted by Crippen LogP contribution is -2.43. The van der Waals surface area contributed by atoms with E-state index in [2.05, 4.69) is 24.1 Å². The molecule has 3 N–H and O–H groups in total. The molecule has 1 fully saturated rings. The first-order chi connectivity index (χ1) is 9.35. The minimum Gasteiger partial charge on any atom is -0.396 e. The first-order valence-electron chi connectivity index (χ1n) is 6.93. The van der Waals surface area contributed by atoms with Gasteiger partial charge in [0.2, 0.25) is 5.91 Å². The highest BCUT2D eigenvalue weighted by atomic mass is 19.1. The van der Waals surface area contributed by atoms with E-state index in [1.165, 1.54) is 24.6 Å². The number of benzene rings is 1. The highest BCUT2D eigenvalue weighted by Crippen LogP contribution is 2.28. The average molecular weight is 279 g/mol. The molecule has 1 saturated heterocycles. The van der Waals surface area contributed by atoms with Crippen LogP contribution in [0.3, 0.4) is 0 Å². The van der Waals surface area contributed by atoms with Crippen molar-refractivity contribution in [2.24, 2.45) is 5.41 Å². The second-order valence-electron chi connectivity index (χ2n) is 6.26. The maximum Gasteiger partial charge on any atom is 0.238 e. The van der Waals surface area contributed by atoms with Gasteiger partial charge in [0.15, 0.2) is 0 Å². The fourth-order valence-corrected chi connectivity index (χ4v) is 2.70. The molecule has 0 aromatic heterocycles. The number of carbonyl (C=O) groups is 1. The van der Waals surface area contributed by atoms with Crippen molar-refractivity contribution in [1.29, 1.82) is 0 Å². The number of hydrogen-bond donors (Lipinski definition) is 2. The van der Waals surface area contributed by atoms with Crippen LogP contribution in [0.15, 0.2) is 18.2 Å². The first-order valence-corrected chi connectivity index (χ1v) is 6.93. The molecule has 0 radical (unpaired) electrons. The van der Waals surface area contributed by atoms with Crippen LogP contribution in [0.5, 0.6) is 0 Å². The summed E-state index contributed by atoms with van der Waals surface area (Å²) in [6.45, 7) is 6.67. The predicted molar refractivity (Wildman–Crippen MR) is 78.9 cm³/mol. The molecule has 1 aromatic carbocycles. The molecule has 1 aromatic rings. The van der Waals surface area contributed by atoms with Gasteiger partial charge in [0.05, 0.1) is 12.2 Å². The molecule has 0 saturated carbocycles. The first kappa shape index (κ1) is 14.8. The Morgan fingerprint density at radius 1 is 1.50 bits per heavy atom. The number of halogens is 1. The van der Waals surface area contributed by atoms with Gasteiger partial charge in [-0.2, -0.15) is 0 Å². The van der Waals surface area contributed by atoms with Crippen LogP contribution < -0.4 is 11.1 Å². The van der Waals surface area contributed by atoms with Crippen LogP contribution in [-0.2, 0) is 4.79 Å². The number of piperidine rings is 1. The zero-order chi connectivity index (χ0) is 14.8. The molecule has 20 heavy (non-hydrogen) atoms. The second kappa shape index (κ2) is 5.79. The summed E-state index contributed by atoms with van der Waals surface area (Å²) in [6, 6.07) is 4.21. The molecule has 0 unspecified atom stereocenters. The number of carbonyl (C=O) groups excluding carboxylic acids is 1. The summed E-state index contributed by atoms with van der Waals surface area (Å²) in [4.78, 5) is 14.2. The van der Waals surface area contributed by atoms with E-state index in [1.807, 2.05) is 0 Å². The van der Waals surface area contributed by atoms with E-state index < -0.39 is 5.82 Å². The number of rotatable bonds is 3. The highest BCUT2D eigenvalue weighted by molar-refractivity contribution is 5.92. The maximum atomic E-state index is 13.0. The molecule has 1 heterocycles. The van der Waals surface area contributed by atoms with E-state index in [9.17, 15) is 9.18 Å². The zero-order valence-corrected chi connectivity index (χ0v) is 12.1. The number of nitrogens with one attached hydrogen (secondary N) is 1. The van der Waals surface area contributed by atoms with Crippen LogP contribution >= 0.6 is 0 Å². The third kappa shape index (κ3) is 3.93. The van der Waals surface area contributed by atoms with Crippen molar-refractivity contribution < 1.29 is 9.18 Å². The van der Waals surface area contributed by atoms with Crippen molar-refractivity contribution in [3.05, 3.63) is 24.0 Å². The normalized spacial score (nSPS) is 18.8. The highest BCUT2D eigenvalue weighted by Gasteiger charge is 2.27. The van der Waals surface area contributed by atoms with E-state index in [0.29, 0.717) is 12.2 Å². The Balaban J connectivity index is 1.90. The van der Waals surface area contributed by atoms with Gasteiger partial charge in [0.1, 0.15) is 5.82 Å². The second-order valence-corrected chi connectivity index (χ2v) is 6.26. The van der Waals surface area contributed by atoms with Gasteiger partial charge in [-0.1, -0.05) is 13.8 Å². The van der Waals surface area contributed by atoms with Crippen LogP contribution in [0.1, 0.15) is 26.7 Å². The minimum absolute atomic E-state index is 0.0434. The summed E-state index contributed by atoms with van der Waals surface area (Å²) in [5.41, 5.74) is 6.32. The van der Waals surface area contributed by atoms with Crippen LogP contribution in [0.2, 0.25) is 0 Å². The van der Waals surface area contributed by atoms with Crippen molar-refractivity contribution in [2.45, 2.75) is 26.7 Å². The Morgan fingerprint density at radius 2 is 2.25 bits per heavy atom. The lowest BCUT2D eigenvalue weighted by Gasteiger charge is -2.37. The van der Waals surface area contributed by atoms with Gasteiger partial charge in [-0.25, -0.2) is 4.39 Å². The number of nitrogen functional groups attached to an aromatic ring is 1. The van der Waals surface area contributed by atoms with E-state index in [0.717, 1.165) is 19.5 Å². The standard InChI is InChI=1S/C15H22FN3O/c1-15(2)6-3-7-19(10-15)9-14(20)18-11-4-5-12(16)13(17)8-11/h4-5,8H,3,6-7,9-10,17H2,1-2H3,(H,18,20). The van der Waals surface area contributed by atoms with E-state index in [1.54, 1.807) is 0 Å². The molecule has 0 spiro atoms. The average Bonchev–Trinajstić information content (AvgIpc) is 2.32. The lowest BCUT2D eigenvalue weighted by molar-refractivity contribution is -0.118. The Morgan fingerprint density at radius 3 is 2.90 bits per heavy atom. The number of nitrogens with zero attached hydrogens (tertiary/aromatic N) is 1. The number of amides is 1. The van der Waals surface area contributed by atoms with Crippen LogP contribution in [0, 0.1) is 11.2 Å². The van der Waals surface area contributed by atoms with Gasteiger partial charge in [0, 0.05) is 12.2 Å². The van der Waals surface area contributed by atoms with Gasteiger partial charge >= 0.3 is 0 Å². The quantitative estimate of drug-likeness (QED) is 0.836. The molecular weight excluding hydrogens is 257 g/mol. The molecule has 0 atom stereocenters. The van der Waals surface area contributed by atoms with E-state index >= 15 is 0 Å². The van der Waals surface area contributed by atoms with E-state index in [4.69, 9.17) is 5.73 Å². The predicted octanol–water partition coefficient (Wildman–Crippen LogP) is 2.47. The molecule has 2 rings (SSSR count). The Hall–Kier alpha value is -1.62. The number of likely N-dealkylation sites (tertiary alicyclic amines) is 1. The van der Waals surface area contributed by atoms with Gasteiger partial charge in [-0.05, 0) is 43.0 Å². The van der Waals surface area contributed by atoms with Crippen LogP contribution in [0.25, 0.3) is 0 Å². The van der Waals surface area contributed by atoms with Crippen molar-refractivity contribution >= 4 is 17.3 Å². The molecule has 1 aliphatic heterocycles. The van der Waals surface area contributed by atoms with Crippen LogP contribution in [-0.4, -0.2) is 30.4 Å². The molecule has 110 valence electrons. The summed E-state index contributed by atoms with van der Waals surface area (Å²) >= 11 is 0. The Labute approximate surface area is 119 Å². The molecular formula is C15H22FN3O. The summed E-state index contributed by atoms with van der Waals surface area (Å²) < 4.78 is 13.0. The Bertz CT molecular complexity index is 502. The zero-order valence-electron chi connectivity index (χ0n) is 12.1. The maximum absolute atomic E-state index is 13.0.